The molecule has 0 radical (unpaired) electrons. The topological polar surface area (TPSA) is 50.7 Å². The summed E-state index contributed by atoms with van der Waals surface area (Å²) in [5.74, 6) is -0.632. The molecule has 0 aliphatic carbocycles. The van der Waals surface area contributed by atoms with Crippen LogP contribution in [0, 0.1) is 6.92 Å². The highest BCUT2D eigenvalue weighted by Gasteiger charge is 2.29. The molecule has 0 bridgehead atoms. The van der Waals surface area contributed by atoms with E-state index >= 15 is 0 Å². The fraction of sp³-hybridized carbons (Fsp3) is 0.182. The van der Waals surface area contributed by atoms with Crippen molar-refractivity contribution in [1.82, 2.24) is 15.0 Å². The van der Waals surface area contributed by atoms with Crippen LogP contribution in [-0.4, -0.2) is 21.3 Å². The maximum absolute atomic E-state index is 12.2. The normalized spacial score (nSPS) is 11.4. The summed E-state index contributed by atoms with van der Waals surface area (Å²) in [5.41, 5.74) is 1.07. The molecule has 0 aliphatic rings. The molecule has 4 nitrogen and oxygen atoms in total. The average Bonchev–Trinajstić information content (AvgIpc) is 2.29. The zero-order chi connectivity index (χ0) is 14.8. The highest BCUT2D eigenvalue weighted by molar-refractivity contribution is 7.99. The molecule has 0 spiro atoms. The van der Waals surface area contributed by atoms with Crippen LogP contribution in [0.2, 0.25) is 5.28 Å². The molecule has 1 heterocycles. The van der Waals surface area contributed by atoms with Crippen LogP contribution >= 0.6 is 23.4 Å². The fourth-order valence-electron chi connectivity index (χ4n) is 1.27. The van der Waals surface area contributed by atoms with E-state index in [1.54, 1.807) is 0 Å². The summed E-state index contributed by atoms with van der Waals surface area (Å²) in [6, 6.07) is 7.38. The van der Waals surface area contributed by atoms with Gasteiger partial charge >= 0.3 is 6.30 Å². The highest BCUT2D eigenvalue weighted by Crippen LogP contribution is 2.27. The van der Waals surface area contributed by atoms with E-state index in [1.807, 2.05) is 31.2 Å². The van der Waals surface area contributed by atoms with Gasteiger partial charge in [-0.3, -0.25) is 5.32 Å². The van der Waals surface area contributed by atoms with Gasteiger partial charge in [-0.2, -0.15) is 28.1 Å². The quantitative estimate of drug-likeness (QED) is 0.869. The van der Waals surface area contributed by atoms with Gasteiger partial charge in [0.15, 0.2) is 5.16 Å². The van der Waals surface area contributed by atoms with Gasteiger partial charge in [0.2, 0.25) is 11.2 Å². The lowest BCUT2D eigenvalue weighted by Crippen LogP contribution is -2.22. The van der Waals surface area contributed by atoms with E-state index in [1.165, 1.54) is 5.32 Å². The van der Waals surface area contributed by atoms with Crippen LogP contribution in [0.1, 0.15) is 5.56 Å². The third-order valence-electron chi connectivity index (χ3n) is 2.07. The summed E-state index contributed by atoms with van der Waals surface area (Å²) in [6.45, 7) is 1.93. The van der Waals surface area contributed by atoms with E-state index in [0.29, 0.717) is 0 Å². The Bertz CT molecular complexity index is 604. The van der Waals surface area contributed by atoms with Crippen molar-refractivity contribution in [3.05, 3.63) is 35.1 Å². The number of rotatable bonds is 3. The maximum Gasteiger partial charge on any atom is 0.484 e. The van der Waals surface area contributed by atoms with Gasteiger partial charge in [-0.1, -0.05) is 17.7 Å². The van der Waals surface area contributed by atoms with Crippen LogP contribution in [0.15, 0.2) is 34.3 Å². The molecule has 0 atom stereocenters. The van der Waals surface area contributed by atoms with Crippen LogP contribution in [0.5, 0.6) is 0 Å². The van der Waals surface area contributed by atoms with E-state index in [0.717, 1.165) is 22.2 Å². The zero-order valence-electron chi connectivity index (χ0n) is 10.1. The van der Waals surface area contributed by atoms with Gasteiger partial charge in [-0.05, 0) is 42.4 Å². The Morgan fingerprint density at radius 1 is 1.10 bits per heavy atom. The molecule has 1 N–H and O–H groups in total. The summed E-state index contributed by atoms with van der Waals surface area (Å²) in [5, 5.41) is 0.977. The van der Waals surface area contributed by atoms with Crippen molar-refractivity contribution in [3.8, 4) is 0 Å². The van der Waals surface area contributed by atoms with Gasteiger partial charge in [-0.25, -0.2) is 0 Å². The number of aromatic nitrogens is 3. The maximum atomic E-state index is 12.2. The molecule has 106 valence electrons. The third-order valence-corrected chi connectivity index (χ3v) is 3.11. The summed E-state index contributed by atoms with van der Waals surface area (Å²) in [7, 11) is 0. The van der Waals surface area contributed by atoms with Crippen molar-refractivity contribution in [2.75, 3.05) is 5.32 Å². The molecule has 9 heteroatoms. The molecule has 2 rings (SSSR count). The lowest BCUT2D eigenvalue weighted by atomic mass is 10.2. The number of anilines is 1. The van der Waals surface area contributed by atoms with Crippen LogP contribution in [0.25, 0.3) is 0 Å². The lowest BCUT2D eigenvalue weighted by Gasteiger charge is -2.09. The highest BCUT2D eigenvalue weighted by atomic mass is 35.5. The molecule has 0 amide bonds. The first-order chi connectivity index (χ1) is 9.32. The first kappa shape index (κ1) is 14.9. The van der Waals surface area contributed by atoms with E-state index in [9.17, 15) is 13.2 Å². The van der Waals surface area contributed by atoms with Gasteiger partial charge in [0.25, 0.3) is 0 Å². The molecular formula is C11H8ClF3N4S. The first-order valence-corrected chi connectivity index (χ1v) is 6.52. The zero-order valence-corrected chi connectivity index (χ0v) is 11.6. The number of hydrogen-bond donors (Lipinski definition) is 1. The summed E-state index contributed by atoms with van der Waals surface area (Å²) in [4.78, 5) is 11.6. The second-order valence-electron chi connectivity index (χ2n) is 3.75. The average molecular weight is 321 g/mol. The Morgan fingerprint density at radius 3 is 2.35 bits per heavy atom. The number of halogens is 4. The van der Waals surface area contributed by atoms with Crippen molar-refractivity contribution in [1.29, 1.82) is 0 Å². The summed E-state index contributed by atoms with van der Waals surface area (Å²) >= 11 is 6.68. The Balaban J connectivity index is 2.21. The van der Waals surface area contributed by atoms with Crippen molar-refractivity contribution in [3.63, 3.8) is 0 Å². The molecule has 0 aliphatic heterocycles. The van der Waals surface area contributed by atoms with Gasteiger partial charge in [0, 0.05) is 4.90 Å². The van der Waals surface area contributed by atoms with E-state index in [2.05, 4.69) is 15.0 Å². The van der Waals surface area contributed by atoms with Crippen molar-refractivity contribution < 1.29 is 13.2 Å². The van der Waals surface area contributed by atoms with Crippen molar-refractivity contribution >= 4 is 29.3 Å². The number of benzene rings is 1. The van der Waals surface area contributed by atoms with Crippen LogP contribution in [0.4, 0.5) is 19.1 Å². The van der Waals surface area contributed by atoms with Crippen LogP contribution in [0.3, 0.4) is 0 Å². The molecule has 2 aromatic rings. The standard InChI is InChI=1S/C11H8ClF3N4S/c1-6-2-4-7(5-3-6)20-10-17-8(12)16-9(18-10)19-11(13,14)15/h2-5H,1H3,(H,16,17,18,19). The molecule has 20 heavy (non-hydrogen) atoms. The smallest absolute Gasteiger partial charge is 0.265 e. The molecular weight excluding hydrogens is 313 g/mol. The van der Waals surface area contributed by atoms with E-state index in [-0.39, 0.29) is 10.4 Å². The van der Waals surface area contributed by atoms with Gasteiger partial charge in [0.05, 0.1) is 0 Å². The molecule has 0 saturated heterocycles. The Kier molecular flexibility index (Phi) is 4.34. The van der Waals surface area contributed by atoms with Crippen molar-refractivity contribution in [2.24, 2.45) is 0 Å². The third kappa shape index (κ3) is 4.53. The predicted octanol–water partition coefficient (Wildman–Crippen LogP) is 3.92. The molecule has 0 saturated carbocycles. The number of hydrogen-bond acceptors (Lipinski definition) is 5. The second kappa shape index (κ2) is 5.84. The summed E-state index contributed by atoms with van der Waals surface area (Å²) < 4.78 is 36.6. The molecule has 0 unspecified atom stereocenters. The minimum atomic E-state index is -4.63. The summed E-state index contributed by atoms with van der Waals surface area (Å²) in [6.07, 6.45) is -4.63. The van der Waals surface area contributed by atoms with E-state index < -0.39 is 12.2 Å². The largest absolute Gasteiger partial charge is 0.484 e. The van der Waals surface area contributed by atoms with Crippen LogP contribution < -0.4 is 5.32 Å². The molecule has 1 aromatic heterocycles. The van der Waals surface area contributed by atoms with Crippen molar-refractivity contribution in [2.45, 2.75) is 23.3 Å². The van der Waals surface area contributed by atoms with Gasteiger partial charge < -0.3 is 0 Å². The number of alkyl halides is 3. The minimum Gasteiger partial charge on any atom is -0.265 e. The Hall–Kier alpha value is -1.54. The monoisotopic (exact) mass is 320 g/mol. The lowest BCUT2D eigenvalue weighted by molar-refractivity contribution is -0.101. The SMILES string of the molecule is Cc1ccc(Sc2nc(Cl)nc(NC(F)(F)F)n2)cc1. The first-order valence-electron chi connectivity index (χ1n) is 5.33. The Labute approximate surface area is 121 Å². The predicted molar refractivity (Wildman–Crippen MR) is 69.8 cm³/mol. The number of nitrogens with one attached hydrogen (secondary N) is 1. The van der Waals surface area contributed by atoms with Gasteiger partial charge in [0.1, 0.15) is 0 Å². The molecule has 0 fully saturated rings. The van der Waals surface area contributed by atoms with E-state index in [4.69, 9.17) is 11.6 Å². The number of aryl methyl sites for hydroxylation is 1. The second-order valence-corrected chi connectivity index (χ2v) is 5.13. The van der Waals surface area contributed by atoms with Gasteiger partial charge in [-0.15, -0.1) is 0 Å². The Morgan fingerprint density at radius 2 is 1.75 bits per heavy atom. The number of nitrogens with zero attached hydrogens (tertiary/aromatic N) is 3. The fourth-order valence-corrected chi connectivity index (χ4v) is 2.23. The molecule has 1 aromatic carbocycles. The minimum absolute atomic E-state index is 0.0839. The van der Waals surface area contributed by atoms with Crippen LogP contribution in [-0.2, 0) is 0 Å².